The van der Waals surface area contributed by atoms with Crippen LogP contribution in [0.15, 0.2) is 35.7 Å². The molecule has 18 heteroatoms. The number of amides is 5. The highest BCUT2D eigenvalue weighted by atomic mass is 35.5. The third-order valence-corrected chi connectivity index (χ3v) is 9.69. The molecule has 5 fully saturated rings. The van der Waals surface area contributed by atoms with Gasteiger partial charge in [0.25, 0.3) is 11.8 Å². The van der Waals surface area contributed by atoms with Gasteiger partial charge < -0.3 is 15.0 Å². The van der Waals surface area contributed by atoms with E-state index >= 15 is 0 Å². The van der Waals surface area contributed by atoms with Crippen LogP contribution in [0.3, 0.4) is 0 Å². The van der Waals surface area contributed by atoms with E-state index in [1.54, 1.807) is 54.6 Å². The molecule has 0 spiro atoms. The minimum absolute atomic E-state index is 0.00393. The molecule has 0 radical (unpaired) electrons. The highest BCUT2D eigenvalue weighted by molar-refractivity contribution is 6.30. The van der Waals surface area contributed by atoms with E-state index in [2.05, 4.69) is 42.1 Å². The molecule has 5 aliphatic rings. The molecule has 5 amide bonds. The number of carbonyl (C=O) groups is 5. The molecule has 0 unspecified atom stereocenters. The van der Waals surface area contributed by atoms with Crippen molar-refractivity contribution >= 4 is 82.2 Å². The van der Waals surface area contributed by atoms with E-state index < -0.39 is 17.6 Å². The molecule has 286 valence electrons. The molecule has 0 aromatic carbocycles. The highest BCUT2D eigenvalue weighted by Gasteiger charge is 2.38. The molecule has 0 bridgehead atoms. The molecule has 17 nitrogen and oxygen atoms in total. The fraction of sp³-hybridized carbons (Fsp3) is 0.432. The van der Waals surface area contributed by atoms with Crippen molar-refractivity contribution < 1.29 is 28.7 Å². The Kier molecular flexibility index (Phi) is 9.27. The van der Waals surface area contributed by atoms with E-state index in [9.17, 15) is 24.0 Å². The minimum atomic E-state index is -0.651. The number of hydrogen-bond acceptors (Lipinski definition) is 12. The summed E-state index contributed by atoms with van der Waals surface area (Å²) in [5, 5.41) is 17.1. The van der Waals surface area contributed by atoms with Crippen molar-refractivity contribution in [2.24, 2.45) is 0 Å². The lowest BCUT2D eigenvalue weighted by atomic mass is 10.1. The maximum Gasteiger partial charge on any atom is 0.416 e. The largest absolute Gasteiger partial charge is 0.443 e. The third kappa shape index (κ3) is 7.87. The monoisotopic (exact) mass is 769 g/mol. The van der Waals surface area contributed by atoms with Crippen LogP contribution in [0.2, 0.25) is 5.15 Å². The van der Waals surface area contributed by atoms with Crippen LogP contribution >= 0.6 is 11.6 Å². The molecule has 0 atom stereocenters. The van der Waals surface area contributed by atoms with Crippen LogP contribution in [-0.4, -0.2) is 89.7 Å². The summed E-state index contributed by atoms with van der Waals surface area (Å²) in [4.78, 5) is 72.4. The first-order valence-electron chi connectivity index (χ1n) is 18.4. The van der Waals surface area contributed by atoms with E-state index in [-0.39, 0.29) is 41.8 Å². The summed E-state index contributed by atoms with van der Waals surface area (Å²) < 4.78 is 8.85. The Bertz CT molecular complexity index is 2330. The minimum Gasteiger partial charge on any atom is -0.443 e. The summed E-state index contributed by atoms with van der Waals surface area (Å²) in [6, 6.07) is 4.12. The molecule has 7 heterocycles. The van der Waals surface area contributed by atoms with E-state index in [1.165, 1.54) is 36.4 Å². The standard InChI is InChI=1S/C19H20ClN5O4.C18H20N6O2/c1-19(2,3)29-18(28)24(12-4-5-12)15-8-13(20)22-16-11(9-21-25(15)16)6-10-7-14(26)23-17(10)27;25-16-8-11(18(26)22-16)7-12-10-19-24-15(20-13-3-4-13)9-14(21-17(12)24)23-5-1-2-6-23/h6,8-9,12H,4-5,7H2,1-3H3,(H,23,26,27);7,9-10,13,20H,1-6,8H2,(H,22,25,26)/b10-6+;11-7+. The number of nitrogens with one attached hydrogen (secondary N) is 3. The van der Waals surface area contributed by atoms with Crippen LogP contribution in [-0.2, 0) is 23.9 Å². The van der Waals surface area contributed by atoms with Crippen LogP contribution in [0.4, 0.5) is 22.2 Å². The normalized spacial score (nSPS) is 20.0. The Morgan fingerprint density at radius 2 is 1.45 bits per heavy atom. The maximum atomic E-state index is 12.9. The second-order valence-electron chi connectivity index (χ2n) is 15.2. The van der Waals surface area contributed by atoms with Gasteiger partial charge in [0.1, 0.15) is 28.2 Å². The van der Waals surface area contributed by atoms with Gasteiger partial charge in [-0.3, -0.25) is 34.7 Å². The fourth-order valence-electron chi connectivity index (χ4n) is 6.62. The maximum absolute atomic E-state index is 12.9. The van der Waals surface area contributed by atoms with Crippen LogP contribution in [0.1, 0.15) is 83.3 Å². The number of nitrogens with zero attached hydrogens (tertiary/aromatic N) is 8. The number of ether oxygens (including phenoxy) is 1. The summed E-state index contributed by atoms with van der Waals surface area (Å²) in [5.74, 6) is 0.912. The van der Waals surface area contributed by atoms with Crippen LogP contribution in [0.25, 0.3) is 23.4 Å². The Labute approximate surface area is 320 Å². The lowest BCUT2D eigenvalue weighted by Gasteiger charge is -2.27. The molecular formula is C37H40ClN11O6. The summed E-state index contributed by atoms with van der Waals surface area (Å²) in [7, 11) is 0. The molecule has 2 aliphatic carbocycles. The highest BCUT2D eigenvalue weighted by Crippen LogP contribution is 2.35. The molecule has 3 saturated heterocycles. The zero-order chi connectivity index (χ0) is 38.6. The summed E-state index contributed by atoms with van der Waals surface area (Å²) in [6.45, 7) is 7.42. The summed E-state index contributed by atoms with van der Waals surface area (Å²) >= 11 is 6.24. The number of hydrogen-bond donors (Lipinski definition) is 3. The van der Waals surface area contributed by atoms with Gasteiger partial charge in [0.15, 0.2) is 11.3 Å². The van der Waals surface area contributed by atoms with Crippen molar-refractivity contribution in [3.05, 3.63) is 52.0 Å². The average molecular weight is 770 g/mol. The van der Waals surface area contributed by atoms with Gasteiger partial charge in [-0.2, -0.15) is 19.2 Å². The van der Waals surface area contributed by atoms with Crippen molar-refractivity contribution in [2.75, 3.05) is 28.2 Å². The number of anilines is 3. The van der Waals surface area contributed by atoms with E-state index in [1.807, 2.05) is 0 Å². The summed E-state index contributed by atoms with van der Waals surface area (Å²) in [5.41, 5.74) is 2.48. The van der Waals surface area contributed by atoms with Crippen molar-refractivity contribution in [2.45, 2.75) is 89.8 Å². The first-order chi connectivity index (χ1) is 26.3. The van der Waals surface area contributed by atoms with E-state index in [0.29, 0.717) is 39.9 Å². The number of carbonyl (C=O) groups excluding carboxylic acids is 5. The van der Waals surface area contributed by atoms with Crippen molar-refractivity contribution in [3.63, 3.8) is 0 Å². The molecule has 3 aliphatic heterocycles. The fourth-order valence-corrected chi connectivity index (χ4v) is 6.79. The first kappa shape index (κ1) is 36.2. The molecule has 4 aromatic rings. The van der Waals surface area contributed by atoms with Crippen molar-refractivity contribution in [1.29, 1.82) is 0 Å². The summed E-state index contributed by atoms with van der Waals surface area (Å²) in [6.07, 6.45) is 12.5. The van der Waals surface area contributed by atoms with Gasteiger partial charge in [0.05, 0.1) is 25.2 Å². The number of fused-ring (bicyclic) bond motifs is 2. The number of rotatable bonds is 7. The third-order valence-electron chi connectivity index (χ3n) is 9.49. The van der Waals surface area contributed by atoms with Gasteiger partial charge >= 0.3 is 6.09 Å². The SMILES string of the molecule is CC(C)(C)OC(=O)N(c1cc(Cl)nc2c(/C=C3\CC(=O)NC3=O)cnn12)C1CC1.O=C1C/C(=C\c2cnn3c(NC4CC4)cc(N4CCCC4)nc23)C(=O)N1. The lowest BCUT2D eigenvalue weighted by Crippen LogP contribution is -2.39. The zero-order valence-electron chi connectivity index (χ0n) is 30.6. The Hall–Kier alpha value is -5.84. The van der Waals surface area contributed by atoms with Crippen LogP contribution in [0, 0.1) is 0 Å². The molecule has 55 heavy (non-hydrogen) atoms. The smallest absolute Gasteiger partial charge is 0.416 e. The second kappa shape index (κ2) is 14.1. The second-order valence-corrected chi connectivity index (χ2v) is 15.6. The quantitative estimate of drug-likeness (QED) is 0.139. The molecule has 3 N–H and O–H groups in total. The Balaban J connectivity index is 0.000000156. The lowest BCUT2D eigenvalue weighted by molar-refractivity contribution is -0.125. The van der Waals surface area contributed by atoms with Crippen molar-refractivity contribution in [1.82, 2.24) is 39.8 Å². The predicted octanol–water partition coefficient (Wildman–Crippen LogP) is 4.05. The van der Waals surface area contributed by atoms with Gasteiger partial charge in [-0.15, -0.1) is 0 Å². The van der Waals surface area contributed by atoms with Gasteiger partial charge in [0.2, 0.25) is 11.8 Å². The van der Waals surface area contributed by atoms with Crippen LogP contribution in [0.5, 0.6) is 0 Å². The average Bonchev–Trinajstić information content (AvgIpc) is 3.83. The van der Waals surface area contributed by atoms with Gasteiger partial charge in [-0.25, -0.2) is 14.8 Å². The predicted molar refractivity (Wildman–Crippen MR) is 202 cm³/mol. The van der Waals surface area contributed by atoms with E-state index in [0.717, 1.165) is 43.1 Å². The molecule has 9 rings (SSSR count). The van der Waals surface area contributed by atoms with Gasteiger partial charge in [-0.05, 0) is 71.4 Å². The van der Waals surface area contributed by atoms with Gasteiger partial charge in [0, 0.05) is 59.6 Å². The Morgan fingerprint density at radius 1 is 0.873 bits per heavy atom. The Morgan fingerprint density at radius 3 is 1.98 bits per heavy atom. The number of imide groups is 2. The molecular weight excluding hydrogens is 730 g/mol. The topological polar surface area (TPSA) is 198 Å². The van der Waals surface area contributed by atoms with Crippen LogP contribution < -0.4 is 25.8 Å². The molecule has 2 saturated carbocycles. The molecule has 4 aromatic heterocycles. The number of aromatic nitrogens is 6. The van der Waals surface area contributed by atoms with Crippen molar-refractivity contribution in [3.8, 4) is 0 Å². The van der Waals surface area contributed by atoms with Gasteiger partial charge in [-0.1, -0.05) is 11.6 Å². The zero-order valence-corrected chi connectivity index (χ0v) is 31.4. The van der Waals surface area contributed by atoms with E-state index in [4.69, 9.17) is 21.3 Å². The number of halogens is 1. The first-order valence-corrected chi connectivity index (χ1v) is 18.7.